The minimum absolute atomic E-state index is 0.0503. The molecule has 0 radical (unpaired) electrons. The number of hydrogen-bond acceptors (Lipinski definition) is 2. The molecule has 0 aromatic carbocycles. The fourth-order valence-electron chi connectivity index (χ4n) is 1.58. The lowest BCUT2D eigenvalue weighted by Crippen LogP contribution is -2.13. The zero-order valence-electron chi connectivity index (χ0n) is 7.32. The molecule has 0 unspecified atom stereocenters. The second-order valence-electron chi connectivity index (χ2n) is 3.57. The molecule has 3 heteroatoms. The average molecular weight is 180 g/mol. The van der Waals surface area contributed by atoms with Crippen molar-refractivity contribution in [2.75, 3.05) is 0 Å². The van der Waals surface area contributed by atoms with Gasteiger partial charge in [-0.15, -0.1) is 0 Å². The highest BCUT2D eigenvalue weighted by molar-refractivity contribution is 5.84. The van der Waals surface area contributed by atoms with Crippen molar-refractivity contribution in [2.45, 2.75) is 25.7 Å². The maximum Gasteiger partial charge on any atom is 0.371 e. The number of carboxylic acid groups (broad SMARTS) is 1. The molecule has 1 aromatic heterocycles. The van der Waals surface area contributed by atoms with Gasteiger partial charge in [-0.25, -0.2) is 4.79 Å². The summed E-state index contributed by atoms with van der Waals surface area (Å²) in [4.78, 5) is 10.5. The Kier molecular flexibility index (Phi) is 2.08. The third-order valence-electron chi connectivity index (χ3n) is 2.59. The van der Waals surface area contributed by atoms with E-state index in [2.05, 4.69) is 0 Å². The minimum atomic E-state index is -0.986. The van der Waals surface area contributed by atoms with E-state index in [9.17, 15) is 4.79 Å². The zero-order chi connectivity index (χ0) is 9.26. The Bertz CT molecular complexity index is 310. The van der Waals surface area contributed by atoms with Crippen molar-refractivity contribution in [3.63, 3.8) is 0 Å². The summed E-state index contributed by atoms with van der Waals surface area (Å²) in [6.45, 7) is 0. The Morgan fingerprint density at radius 2 is 2.31 bits per heavy atom. The van der Waals surface area contributed by atoms with E-state index in [1.165, 1.54) is 25.3 Å². The van der Waals surface area contributed by atoms with Crippen LogP contribution in [0.3, 0.4) is 0 Å². The van der Waals surface area contributed by atoms with Gasteiger partial charge in [-0.3, -0.25) is 0 Å². The van der Waals surface area contributed by atoms with Crippen LogP contribution in [0.15, 0.2) is 16.5 Å². The van der Waals surface area contributed by atoms with E-state index in [0.29, 0.717) is 5.92 Å². The first-order chi connectivity index (χ1) is 6.25. The van der Waals surface area contributed by atoms with E-state index in [0.717, 1.165) is 12.2 Å². The smallest absolute Gasteiger partial charge is 0.371 e. The van der Waals surface area contributed by atoms with E-state index < -0.39 is 5.97 Å². The van der Waals surface area contributed by atoms with Crippen LogP contribution in [0, 0.1) is 5.92 Å². The summed E-state index contributed by atoms with van der Waals surface area (Å²) in [5.74, 6) is 0.587. The molecule has 1 N–H and O–H groups in total. The minimum Gasteiger partial charge on any atom is -0.475 e. The third kappa shape index (κ3) is 1.74. The SMILES string of the molecule is O=C(O)c1ccc(CC2CCC2)o1. The molecular weight excluding hydrogens is 168 g/mol. The van der Waals surface area contributed by atoms with Crippen LogP contribution in [-0.2, 0) is 6.42 Å². The number of hydrogen-bond donors (Lipinski definition) is 1. The van der Waals surface area contributed by atoms with E-state index in [-0.39, 0.29) is 5.76 Å². The lowest BCUT2D eigenvalue weighted by molar-refractivity contribution is 0.0659. The van der Waals surface area contributed by atoms with Crippen LogP contribution in [0.2, 0.25) is 0 Å². The average Bonchev–Trinajstić information content (AvgIpc) is 2.44. The largest absolute Gasteiger partial charge is 0.475 e. The summed E-state index contributed by atoms with van der Waals surface area (Å²) >= 11 is 0. The van der Waals surface area contributed by atoms with Crippen molar-refractivity contribution in [3.8, 4) is 0 Å². The second-order valence-corrected chi connectivity index (χ2v) is 3.57. The first-order valence-electron chi connectivity index (χ1n) is 4.57. The lowest BCUT2D eigenvalue weighted by atomic mass is 9.82. The first-order valence-corrected chi connectivity index (χ1v) is 4.57. The number of rotatable bonds is 3. The summed E-state index contributed by atoms with van der Waals surface area (Å²) in [5.41, 5.74) is 0. The molecule has 70 valence electrons. The van der Waals surface area contributed by atoms with Gasteiger partial charge in [0.1, 0.15) is 5.76 Å². The van der Waals surface area contributed by atoms with Gasteiger partial charge in [-0.05, 0) is 18.1 Å². The molecule has 1 aliphatic rings. The Balaban J connectivity index is 2.00. The van der Waals surface area contributed by atoms with Crippen molar-refractivity contribution >= 4 is 5.97 Å². The Morgan fingerprint density at radius 1 is 1.54 bits per heavy atom. The molecule has 0 spiro atoms. The zero-order valence-corrected chi connectivity index (χ0v) is 7.32. The van der Waals surface area contributed by atoms with Gasteiger partial charge in [0.05, 0.1) is 0 Å². The topological polar surface area (TPSA) is 50.4 Å². The van der Waals surface area contributed by atoms with E-state index in [4.69, 9.17) is 9.52 Å². The molecule has 0 aliphatic heterocycles. The molecular formula is C10H12O3. The molecule has 1 heterocycles. The van der Waals surface area contributed by atoms with Gasteiger partial charge in [0.15, 0.2) is 0 Å². The maximum absolute atomic E-state index is 10.5. The van der Waals surface area contributed by atoms with Crippen LogP contribution in [0.4, 0.5) is 0 Å². The van der Waals surface area contributed by atoms with Gasteiger partial charge < -0.3 is 9.52 Å². The van der Waals surface area contributed by atoms with Crippen molar-refractivity contribution in [3.05, 3.63) is 23.7 Å². The van der Waals surface area contributed by atoms with Crippen molar-refractivity contribution < 1.29 is 14.3 Å². The van der Waals surface area contributed by atoms with E-state index >= 15 is 0 Å². The van der Waals surface area contributed by atoms with Crippen molar-refractivity contribution in [1.82, 2.24) is 0 Å². The highest BCUT2D eigenvalue weighted by atomic mass is 16.4. The van der Waals surface area contributed by atoms with Crippen LogP contribution in [-0.4, -0.2) is 11.1 Å². The van der Waals surface area contributed by atoms with Gasteiger partial charge >= 0.3 is 5.97 Å². The fourth-order valence-corrected chi connectivity index (χ4v) is 1.58. The summed E-state index contributed by atoms with van der Waals surface area (Å²) in [6, 6.07) is 3.29. The predicted molar refractivity (Wildman–Crippen MR) is 46.7 cm³/mol. The van der Waals surface area contributed by atoms with Crippen molar-refractivity contribution in [2.24, 2.45) is 5.92 Å². The van der Waals surface area contributed by atoms with Gasteiger partial charge in [0.2, 0.25) is 5.76 Å². The first kappa shape index (κ1) is 8.35. The molecule has 1 fully saturated rings. The van der Waals surface area contributed by atoms with Gasteiger partial charge in [-0.2, -0.15) is 0 Å². The normalized spacial score (nSPS) is 16.9. The molecule has 1 saturated carbocycles. The highest BCUT2D eigenvalue weighted by Crippen LogP contribution is 2.30. The van der Waals surface area contributed by atoms with Crippen LogP contribution in [0.5, 0.6) is 0 Å². The monoisotopic (exact) mass is 180 g/mol. The standard InChI is InChI=1S/C10H12O3/c11-10(12)9-5-4-8(13-9)6-7-2-1-3-7/h4-5,7H,1-3,6H2,(H,11,12). The molecule has 0 amide bonds. The Labute approximate surface area is 76.4 Å². The second kappa shape index (κ2) is 3.24. The summed E-state index contributed by atoms with van der Waals surface area (Å²) in [7, 11) is 0. The molecule has 1 aliphatic carbocycles. The number of aromatic carboxylic acids is 1. The molecule has 3 nitrogen and oxygen atoms in total. The van der Waals surface area contributed by atoms with Crippen LogP contribution >= 0.6 is 0 Å². The molecule has 0 saturated heterocycles. The molecule has 13 heavy (non-hydrogen) atoms. The predicted octanol–water partition coefficient (Wildman–Crippen LogP) is 2.32. The van der Waals surface area contributed by atoms with Crippen LogP contribution < -0.4 is 0 Å². The molecule has 2 rings (SSSR count). The Hall–Kier alpha value is -1.25. The van der Waals surface area contributed by atoms with Gasteiger partial charge in [-0.1, -0.05) is 19.3 Å². The van der Waals surface area contributed by atoms with Gasteiger partial charge in [0, 0.05) is 6.42 Å². The highest BCUT2D eigenvalue weighted by Gasteiger charge is 2.19. The molecule has 1 aromatic rings. The lowest BCUT2D eigenvalue weighted by Gasteiger charge is -2.23. The molecule has 0 bridgehead atoms. The number of carboxylic acids is 1. The quantitative estimate of drug-likeness (QED) is 0.776. The summed E-state index contributed by atoms with van der Waals surface area (Å²) in [5, 5.41) is 8.61. The third-order valence-corrected chi connectivity index (χ3v) is 2.59. The summed E-state index contributed by atoms with van der Waals surface area (Å²) in [6.07, 6.45) is 4.71. The number of furan rings is 1. The van der Waals surface area contributed by atoms with Crippen molar-refractivity contribution in [1.29, 1.82) is 0 Å². The van der Waals surface area contributed by atoms with E-state index in [1.807, 2.05) is 0 Å². The maximum atomic E-state index is 10.5. The fraction of sp³-hybridized carbons (Fsp3) is 0.500. The Morgan fingerprint density at radius 3 is 2.77 bits per heavy atom. The van der Waals surface area contributed by atoms with Crippen LogP contribution in [0.1, 0.15) is 35.6 Å². The number of carbonyl (C=O) groups is 1. The van der Waals surface area contributed by atoms with E-state index in [1.54, 1.807) is 6.07 Å². The van der Waals surface area contributed by atoms with Crippen LogP contribution in [0.25, 0.3) is 0 Å². The molecule has 0 atom stereocenters. The summed E-state index contributed by atoms with van der Waals surface area (Å²) < 4.78 is 5.15. The van der Waals surface area contributed by atoms with Gasteiger partial charge in [0.25, 0.3) is 0 Å².